The molecule has 0 amide bonds. The molecule has 1 aliphatic carbocycles. The van der Waals surface area contributed by atoms with Crippen LogP contribution in [0.25, 0.3) is 6.08 Å². The van der Waals surface area contributed by atoms with Gasteiger partial charge < -0.3 is 14.6 Å². The number of esters is 2. The van der Waals surface area contributed by atoms with Gasteiger partial charge in [-0.15, -0.1) is 0 Å². The van der Waals surface area contributed by atoms with E-state index in [1.807, 2.05) is 19.1 Å². The molecule has 2 aliphatic rings. The number of nitrogens with zero attached hydrogens (tertiary/aromatic N) is 1. The normalized spacial score (nSPS) is 32.2. The van der Waals surface area contributed by atoms with E-state index in [0.717, 1.165) is 19.3 Å². The van der Waals surface area contributed by atoms with Gasteiger partial charge in [-0.3, -0.25) is 4.98 Å². The van der Waals surface area contributed by atoms with Gasteiger partial charge in [0, 0.05) is 18.3 Å². The van der Waals surface area contributed by atoms with Crippen LogP contribution in [0.4, 0.5) is 0 Å². The van der Waals surface area contributed by atoms with Crippen LogP contribution < -0.4 is 0 Å². The largest absolute Gasteiger partial charge is 0.460 e. The summed E-state index contributed by atoms with van der Waals surface area (Å²) >= 11 is 0. The maximum atomic E-state index is 12.2. The first-order chi connectivity index (χ1) is 14.5. The van der Waals surface area contributed by atoms with Crippen molar-refractivity contribution < 1.29 is 24.2 Å². The first-order valence-electron chi connectivity index (χ1n) is 10.5. The van der Waals surface area contributed by atoms with Gasteiger partial charge in [-0.25, -0.2) is 9.59 Å². The molecule has 3 rings (SSSR count). The molecular weight excluding hydrogens is 382 g/mol. The summed E-state index contributed by atoms with van der Waals surface area (Å²) < 4.78 is 10.9. The van der Waals surface area contributed by atoms with Crippen molar-refractivity contribution in [2.24, 2.45) is 11.8 Å². The molecule has 1 fully saturated rings. The number of cyclic esters (lactones) is 1. The Morgan fingerprint density at radius 1 is 1.30 bits per heavy atom. The van der Waals surface area contributed by atoms with Crippen LogP contribution in [0.2, 0.25) is 0 Å². The molecule has 6 heteroatoms. The highest BCUT2D eigenvalue weighted by Gasteiger charge is 2.38. The summed E-state index contributed by atoms with van der Waals surface area (Å²) in [5.74, 6) is -0.908. The van der Waals surface area contributed by atoms with Crippen molar-refractivity contribution in [2.45, 2.75) is 57.3 Å². The number of pyridine rings is 1. The van der Waals surface area contributed by atoms with Crippen molar-refractivity contribution in [2.75, 3.05) is 0 Å². The lowest BCUT2D eigenvalue weighted by Gasteiger charge is -2.19. The van der Waals surface area contributed by atoms with E-state index in [1.54, 1.807) is 18.3 Å². The van der Waals surface area contributed by atoms with Crippen molar-refractivity contribution in [1.29, 1.82) is 0 Å². The molecule has 5 atom stereocenters. The van der Waals surface area contributed by atoms with Crippen LogP contribution in [-0.2, 0) is 19.1 Å². The van der Waals surface area contributed by atoms with E-state index in [4.69, 9.17) is 9.47 Å². The summed E-state index contributed by atoms with van der Waals surface area (Å²) in [6, 6.07) is 5.46. The monoisotopic (exact) mass is 411 g/mol. The molecule has 0 bridgehead atoms. The van der Waals surface area contributed by atoms with Crippen LogP contribution in [0.1, 0.15) is 44.7 Å². The minimum absolute atomic E-state index is 0.0800. The highest BCUT2D eigenvalue weighted by Crippen LogP contribution is 2.38. The Morgan fingerprint density at radius 3 is 2.97 bits per heavy atom. The molecule has 0 unspecified atom stereocenters. The second-order valence-electron chi connectivity index (χ2n) is 7.90. The number of fused-ring (bicyclic) bond motifs is 1. The zero-order chi connectivity index (χ0) is 21.3. The van der Waals surface area contributed by atoms with Gasteiger partial charge in [0.1, 0.15) is 6.10 Å². The number of aliphatic hydroxyl groups is 1. The summed E-state index contributed by atoms with van der Waals surface area (Å²) in [5, 5.41) is 10.6. The quantitative estimate of drug-likeness (QED) is 0.464. The van der Waals surface area contributed by atoms with Crippen LogP contribution in [0.5, 0.6) is 0 Å². The lowest BCUT2D eigenvalue weighted by Crippen LogP contribution is -2.22. The highest BCUT2D eigenvalue weighted by molar-refractivity contribution is 5.86. The van der Waals surface area contributed by atoms with Crippen LogP contribution in [0.15, 0.2) is 54.8 Å². The number of hydrogen-bond acceptors (Lipinski definition) is 6. The SMILES string of the molecule is C[C@H]1CCC/C=C/[C@@H]2C[C@H](OC(=O)/C=C/c3ccccn3)C[C@H]2[C@H](O)/C=C/C(=O)O1. The van der Waals surface area contributed by atoms with Gasteiger partial charge in [0.15, 0.2) is 0 Å². The van der Waals surface area contributed by atoms with Crippen molar-refractivity contribution in [1.82, 2.24) is 4.98 Å². The lowest BCUT2D eigenvalue weighted by atomic mass is 9.90. The van der Waals surface area contributed by atoms with Crippen LogP contribution >= 0.6 is 0 Å². The molecule has 1 saturated carbocycles. The Hall–Kier alpha value is -2.73. The average molecular weight is 411 g/mol. The highest BCUT2D eigenvalue weighted by atomic mass is 16.5. The zero-order valence-corrected chi connectivity index (χ0v) is 17.2. The molecule has 1 aliphatic heterocycles. The lowest BCUT2D eigenvalue weighted by molar-refractivity contribution is -0.143. The van der Waals surface area contributed by atoms with E-state index in [0.29, 0.717) is 18.5 Å². The average Bonchev–Trinajstić information content (AvgIpc) is 3.13. The molecular formula is C24H29NO5. The third kappa shape index (κ3) is 6.66. The summed E-state index contributed by atoms with van der Waals surface area (Å²) in [5.41, 5.74) is 0.683. The summed E-state index contributed by atoms with van der Waals surface area (Å²) in [7, 11) is 0. The summed E-state index contributed by atoms with van der Waals surface area (Å²) in [4.78, 5) is 28.3. The molecule has 0 aromatic carbocycles. The van der Waals surface area contributed by atoms with Gasteiger partial charge in [0.2, 0.25) is 0 Å². The predicted octanol–water partition coefficient (Wildman–Crippen LogP) is 3.62. The minimum Gasteiger partial charge on any atom is -0.460 e. The molecule has 1 N–H and O–H groups in total. The van der Waals surface area contributed by atoms with E-state index in [2.05, 4.69) is 17.1 Å². The number of aromatic nitrogens is 1. The number of allylic oxidation sites excluding steroid dienone is 2. The first kappa shape index (κ1) is 22.0. The van der Waals surface area contributed by atoms with Crippen molar-refractivity contribution in [3.05, 3.63) is 60.5 Å². The third-order valence-corrected chi connectivity index (χ3v) is 5.53. The summed E-state index contributed by atoms with van der Waals surface area (Å²) in [6.07, 6.45) is 14.2. The Balaban J connectivity index is 1.63. The molecule has 2 heterocycles. The van der Waals surface area contributed by atoms with Gasteiger partial charge in [0.25, 0.3) is 0 Å². The van der Waals surface area contributed by atoms with Crippen LogP contribution in [0, 0.1) is 11.8 Å². The van der Waals surface area contributed by atoms with E-state index in [9.17, 15) is 14.7 Å². The second kappa shape index (κ2) is 10.9. The Kier molecular flexibility index (Phi) is 7.97. The topological polar surface area (TPSA) is 85.7 Å². The number of carbonyl (C=O) groups excluding carboxylic acids is 2. The molecule has 0 radical (unpaired) electrons. The van der Waals surface area contributed by atoms with Gasteiger partial charge in [0.05, 0.1) is 17.9 Å². The number of hydrogen-bond donors (Lipinski definition) is 1. The van der Waals surface area contributed by atoms with Crippen LogP contribution in [0.3, 0.4) is 0 Å². The molecule has 6 nitrogen and oxygen atoms in total. The smallest absolute Gasteiger partial charge is 0.331 e. The van der Waals surface area contributed by atoms with Gasteiger partial charge in [-0.05, 0) is 75.1 Å². The third-order valence-electron chi connectivity index (χ3n) is 5.53. The van der Waals surface area contributed by atoms with E-state index < -0.39 is 18.0 Å². The van der Waals surface area contributed by atoms with Gasteiger partial charge >= 0.3 is 11.9 Å². The number of carbonyl (C=O) groups is 2. The molecule has 0 spiro atoms. The predicted molar refractivity (Wildman–Crippen MR) is 113 cm³/mol. The number of rotatable bonds is 3. The zero-order valence-electron chi connectivity index (χ0n) is 17.2. The Labute approximate surface area is 177 Å². The maximum absolute atomic E-state index is 12.2. The van der Waals surface area contributed by atoms with Crippen molar-refractivity contribution in [3.63, 3.8) is 0 Å². The number of ether oxygens (including phenoxy) is 2. The molecule has 1 aromatic rings. The molecule has 30 heavy (non-hydrogen) atoms. The Morgan fingerprint density at radius 2 is 2.17 bits per heavy atom. The standard InChI is InChI=1S/C24H29NO5/c1-17-7-3-2-4-8-18-15-20(16-21(18)22(26)11-13-23(27)29-17)30-24(28)12-10-19-9-5-6-14-25-19/h4-6,8-14,17-18,20-22,26H,2-3,7,15-16H2,1H3/b8-4+,12-10+,13-11+/t17-,18+,20-,21+,22+/m0/s1. The van der Waals surface area contributed by atoms with Crippen LogP contribution in [-0.4, -0.2) is 40.3 Å². The van der Waals surface area contributed by atoms with E-state index in [-0.39, 0.29) is 24.0 Å². The maximum Gasteiger partial charge on any atom is 0.331 e. The Bertz CT molecular complexity index is 801. The summed E-state index contributed by atoms with van der Waals surface area (Å²) in [6.45, 7) is 1.88. The minimum atomic E-state index is -0.809. The first-order valence-corrected chi connectivity index (χ1v) is 10.5. The number of aliphatic hydroxyl groups excluding tert-OH is 1. The fourth-order valence-corrected chi connectivity index (χ4v) is 4.01. The van der Waals surface area contributed by atoms with Gasteiger partial charge in [-0.2, -0.15) is 0 Å². The van der Waals surface area contributed by atoms with Gasteiger partial charge in [-0.1, -0.05) is 18.2 Å². The van der Waals surface area contributed by atoms with E-state index >= 15 is 0 Å². The molecule has 0 saturated heterocycles. The molecule has 1 aromatic heterocycles. The van der Waals surface area contributed by atoms with Crippen molar-refractivity contribution in [3.8, 4) is 0 Å². The fourth-order valence-electron chi connectivity index (χ4n) is 4.01. The van der Waals surface area contributed by atoms with E-state index in [1.165, 1.54) is 18.2 Å². The van der Waals surface area contributed by atoms with Crippen molar-refractivity contribution >= 4 is 18.0 Å². The fraction of sp³-hybridized carbons (Fsp3) is 0.458. The second-order valence-corrected chi connectivity index (χ2v) is 7.90. The molecule has 160 valence electrons.